The van der Waals surface area contributed by atoms with Gasteiger partial charge in [-0.05, 0) is 30.3 Å². The zero-order valence-electron chi connectivity index (χ0n) is 18.7. The third kappa shape index (κ3) is 5.90. The van der Waals surface area contributed by atoms with E-state index < -0.39 is 35.0 Å². The van der Waals surface area contributed by atoms with E-state index in [1.807, 2.05) is 0 Å². The van der Waals surface area contributed by atoms with Crippen molar-refractivity contribution in [2.24, 2.45) is 0 Å². The van der Waals surface area contributed by atoms with Crippen molar-refractivity contribution < 1.29 is 45.4 Å². The van der Waals surface area contributed by atoms with Gasteiger partial charge in [0.2, 0.25) is 0 Å². The summed E-state index contributed by atoms with van der Waals surface area (Å²) in [6.07, 6.45) is -10.2. The lowest BCUT2D eigenvalue weighted by molar-refractivity contribution is -0.143. The maximum atomic E-state index is 13.1. The van der Waals surface area contributed by atoms with Crippen LogP contribution in [0.3, 0.4) is 0 Å². The molecular formula is C23H21F6N3O4. The summed E-state index contributed by atoms with van der Waals surface area (Å²) in [5, 5.41) is 2.30. The fourth-order valence-corrected chi connectivity index (χ4v) is 3.88. The molecule has 0 aromatic heterocycles. The molecule has 0 unspecified atom stereocenters. The highest BCUT2D eigenvalue weighted by molar-refractivity contribution is 6.05. The molecule has 36 heavy (non-hydrogen) atoms. The summed E-state index contributed by atoms with van der Waals surface area (Å²) in [7, 11) is 0. The summed E-state index contributed by atoms with van der Waals surface area (Å²) in [5.74, 6) is -1.19. The molecule has 2 aliphatic heterocycles. The summed E-state index contributed by atoms with van der Waals surface area (Å²) in [5.41, 5.74) is -3.47. The number of nitrogens with one attached hydrogen (secondary N) is 1. The number of nitrogens with zero attached hydrogens (tertiary/aromatic N) is 2. The number of anilines is 2. The molecule has 1 N–H and O–H groups in total. The summed E-state index contributed by atoms with van der Waals surface area (Å²) >= 11 is 0. The number of rotatable bonds is 5. The van der Waals surface area contributed by atoms with Gasteiger partial charge in [-0.15, -0.1) is 0 Å². The number of ether oxygens (including phenoxy) is 2. The van der Waals surface area contributed by atoms with Gasteiger partial charge in [0.15, 0.2) is 6.61 Å². The van der Waals surface area contributed by atoms with Crippen molar-refractivity contribution in [3.05, 3.63) is 53.1 Å². The first-order valence-electron chi connectivity index (χ1n) is 10.9. The Labute approximate surface area is 201 Å². The molecule has 4 rings (SSSR count). The van der Waals surface area contributed by atoms with E-state index in [9.17, 15) is 35.9 Å². The topological polar surface area (TPSA) is 71.1 Å². The van der Waals surface area contributed by atoms with E-state index >= 15 is 0 Å². The van der Waals surface area contributed by atoms with Crippen LogP contribution >= 0.6 is 0 Å². The van der Waals surface area contributed by atoms with Crippen molar-refractivity contribution in [3.63, 3.8) is 0 Å². The minimum absolute atomic E-state index is 0.0496. The van der Waals surface area contributed by atoms with E-state index in [2.05, 4.69) is 10.2 Å². The molecule has 2 aromatic carbocycles. The second kappa shape index (κ2) is 9.97. The lowest BCUT2D eigenvalue weighted by Gasteiger charge is -2.33. The number of hydrogen-bond acceptors (Lipinski definition) is 5. The number of benzene rings is 2. The van der Waals surface area contributed by atoms with Gasteiger partial charge in [-0.2, -0.15) is 26.3 Å². The third-order valence-electron chi connectivity index (χ3n) is 5.75. The predicted molar refractivity (Wildman–Crippen MR) is 116 cm³/mol. The fourth-order valence-electron chi connectivity index (χ4n) is 3.88. The Balaban J connectivity index is 1.52. The number of alkyl halides is 6. The first-order chi connectivity index (χ1) is 16.9. The van der Waals surface area contributed by atoms with Crippen molar-refractivity contribution in [1.29, 1.82) is 0 Å². The van der Waals surface area contributed by atoms with Gasteiger partial charge in [-0.3, -0.25) is 14.5 Å². The molecular weight excluding hydrogens is 496 g/mol. The van der Waals surface area contributed by atoms with Crippen LogP contribution in [-0.2, 0) is 21.9 Å². The molecule has 0 saturated carbocycles. The van der Waals surface area contributed by atoms with Gasteiger partial charge in [0.25, 0.3) is 11.8 Å². The number of fused-ring (bicyclic) bond motifs is 1. The van der Waals surface area contributed by atoms with Gasteiger partial charge in [0, 0.05) is 43.5 Å². The summed E-state index contributed by atoms with van der Waals surface area (Å²) < 4.78 is 89.4. The molecule has 2 amide bonds. The molecule has 0 spiro atoms. The van der Waals surface area contributed by atoms with Crippen molar-refractivity contribution in [2.45, 2.75) is 12.4 Å². The number of amides is 2. The van der Waals surface area contributed by atoms with Crippen LogP contribution in [0, 0.1) is 0 Å². The number of morpholine rings is 1. The van der Waals surface area contributed by atoms with Crippen molar-refractivity contribution >= 4 is 23.2 Å². The van der Waals surface area contributed by atoms with E-state index in [-0.39, 0.29) is 30.0 Å². The van der Waals surface area contributed by atoms with E-state index in [0.717, 1.165) is 13.1 Å². The first-order valence-corrected chi connectivity index (χ1v) is 10.9. The third-order valence-corrected chi connectivity index (χ3v) is 5.75. The minimum atomic E-state index is -5.08. The quantitative estimate of drug-likeness (QED) is 0.607. The van der Waals surface area contributed by atoms with Gasteiger partial charge in [0.1, 0.15) is 5.75 Å². The highest BCUT2D eigenvalue weighted by Gasteiger charge is 2.37. The van der Waals surface area contributed by atoms with E-state index in [1.165, 1.54) is 23.1 Å². The predicted octanol–water partition coefficient (Wildman–Crippen LogP) is 4.03. The monoisotopic (exact) mass is 517 g/mol. The smallest absolute Gasteiger partial charge is 0.416 e. The molecule has 0 radical (unpaired) electrons. The van der Waals surface area contributed by atoms with Crippen LogP contribution in [0.4, 0.5) is 37.7 Å². The second-order valence-corrected chi connectivity index (χ2v) is 8.22. The molecule has 2 aromatic rings. The molecule has 2 heterocycles. The average Bonchev–Trinajstić information content (AvgIpc) is 2.82. The highest BCUT2D eigenvalue weighted by atomic mass is 19.4. The Morgan fingerprint density at radius 2 is 1.56 bits per heavy atom. The maximum absolute atomic E-state index is 13.1. The van der Waals surface area contributed by atoms with Gasteiger partial charge < -0.3 is 19.7 Å². The Morgan fingerprint density at radius 1 is 0.917 bits per heavy atom. The minimum Gasteiger partial charge on any atom is -0.481 e. The molecule has 0 atom stereocenters. The maximum Gasteiger partial charge on any atom is 0.416 e. The van der Waals surface area contributed by atoms with Gasteiger partial charge in [-0.1, -0.05) is 0 Å². The van der Waals surface area contributed by atoms with Gasteiger partial charge >= 0.3 is 12.4 Å². The van der Waals surface area contributed by atoms with Crippen LogP contribution in [0.2, 0.25) is 0 Å². The summed E-state index contributed by atoms with van der Waals surface area (Å²) in [6.45, 7) is 3.41. The summed E-state index contributed by atoms with van der Waals surface area (Å²) in [4.78, 5) is 28.6. The zero-order chi connectivity index (χ0) is 26.1. The van der Waals surface area contributed by atoms with E-state index in [4.69, 9.17) is 9.47 Å². The number of carbonyl (C=O) groups is 2. The first kappa shape index (κ1) is 25.8. The molecule has 13 heteroatoms. The molecule has 1 fully saturated rings. The van der Waals surface area contributed by atoms with Crippen LogP contribution in [0.1, 0.15) is 21.5 Å². The fraction of sp³-hybridized carbons (Fsp3) is 0.391. The molecule has 0 bridgehead atoms. The highest BCUT2D eigenvalue weighted by Crippen LogP contribution is 2.37. The van der Waals surface area contributed by atoms with E-state index in [0.29, 0.717) is 44.1 Å². The van der Waals surface area contributed by atoms with Crippen molar-refractivity contribution in [3.8, 4) is 5.75 Å². The van der Waals surface area contributed by atoms with Gasteiger partial charge in [0.05, 0.1) is 30.0 Å². The molecule has 2 aliphatic rings. The molecule has 7 nitrogen and oxygen atoms in total. The van der Waals surface area contributed by atoms with Crippen molar-refractivity contribution in [2.75, 3.05) is 56.2 Å². The normalized spacial score (nSPS) is 16.9. The Hall–Kier alpha value is -3.32. The van der Waals surface area contributed by atoms with Gasteiger partial charge in [-0.25, -0.2) is 0 Å². The van der Waals surface area contributed by atoms with Crippen LogP contribution in [0.5, 0.6) is 5.75 Å². The largest absolute Gasteiger partial charge is 0.481 e. The number of carbonyl (C=O) groups excluding carboxylic acids is 2. The standard InChI is InChI=1S/C23H21F6N3O4/c24-22(25,26)15-9-14(10-16(11-15)23(27,28)29)21(34)30-17-1-2-18-19(12-17)36-13-20(33)32(18)4-3-31-5-7-35-8-6-31/h1-2,9-12H,3-8,13H2,(H,30,34). The zero-order valence-corrected chi connectivity index (χ0v) is 18.7. The lowest BCUT2D eigenvalue weighted by Crippen LogP contribution is -2.45. The Kier molecular flexibility index (Phi) is 7.14. The molecule has 0 aliphatic carbocycles. The lowest BCUT2D eigenvalue weighted by atomic mass is 10.0. The van der Waals surface area contributed by atoms with Crippen molar-refractivity contribution in [1.82, 2.24) is 4.90 Å². The number of halogens is 6. The van der Waals surface area contributed by atoms with E-state index in [1.54, 1.807) is 0 Å². The van der Waals surface area contributed by atoms with Crippen LogP contribution in [0.25, 0.3) is 0 Å². The molecule has 1 saturated heterocycles. The SMILES string of the molecule is O=C(Nc1ccc2c(c1)OCC(=O)N2CCN1CCOCC1)c1cc(C(F)(F)F)cc(C(F)(F)F)c1. The second-order valence-electron chi connectivity index (χ2n) is 8.22. The van der Waals surface area contributed by atoms with Crippen LogP contribution in [0.15, 0.2) is 36.4 Å². The molecule has 194 valence electrons. The van der Waals surface area contributed by atoms with Crippen LogP contribution in [-0.4, -0.2) is 62.7 Å². The average molecular weight is 517 g/mol. The summed E-state index contributed by atoms with van der Waals surface area (Å²) in [6, 6.07) is 4.90. The Morgan fingerprint density at radius 3 is 2.17 bits per heavy atom. The number of hydrogen-bond donors (Lipinski definition) is 1. The Bertz CT molecular complexity index is 1110. The van der Waals surface area contributed by atoms with Crippen LogP contribution < -0.4 is 15.0 Å².